The number of amides is 2. The topological polar surface area (TPSA) is 99.1 Å². The third kappa shape index (κ3) is 4.50. The molecule has 2 atom stereocenters. The Kier molecular flexibility index (Phi) is 5.87. The standard InChI is InChI=1S/C11H20N2O5/c1-13(5-2-6-14)11(17)12-7-8-3-4-9(18-8)10(15)16/h8-9,14H,2-7H2,1H3,(H,12,17)(H,15,16). The Hall–Kier alpha value is -1.34. The van der Waals surface area contributed by atoms with E-state index in [0.29, 0.717) is 32.4 Å². The summed E-state index contributed by atoms with van der Waals surface area (Å²) in [4.78, 5) is 23.7. The molecule has 1 saturated heterocycles. The van der Waals surface area contributed by atoms with E-state index in [9.17, 15) is 9.59 Å². The molecule has 2 unspecified atom stereocenters. The lowest BCUT2D eigenvalue weighted by Crippen LogP contribution is -2.41. The summed E-state index contributed by atoms with van der Waals surface area (Å²) < 4.78 is 5.26. The first-order valence-electron chi connectivity index (χ1n) is 6.02. The lowest BCUT2D eigenvalue weighted by atomic mass is 10.2. The number of nitrogens with one attached hydrogen (secondary N) is 1. The molecule has 2 amide bonds. The molecule has 1 aliphatic rings. The van der Waals surface area contributed by atoms with Crippen LogP contribution < -0.4 is 5.32 Å². The largest absolute Gasteiger partial charge is 0.479 e. The van der Waals surface area contributed by atoms with E-state index in [0.717, 1.165) is 0 Å². The number of aliphatic carboxylic acids is 1. The Morgan fingerprint density at radius 3 is 2.72 bits per heavy atom. The summed E-state index contributed by atoms with van der Waals surface area (Å²) in [5, 5.41) is 20.1. The zero-order valence-corrected chi connectivity index (χ0v) is 10.5. The van der Waals surface area contributed by atoms with Crippen molar-refractivity contribution in [1.82, 2.24) is 10.2 Å². The Labute approximate surface area is 106 Å². The molecule has 104 valence electrons. The average molecular weight is 260 g/mol. The highest BCUT2D eigenvalue weighted by Crippen LogP contribution is 2.19. The van der Waals surface area contributed by atoms with Crippen molar-refractivity contribution in [2.24, 2.45) is 0 Å². The van der Waals surface area contributed by atoms with Gasteiger partial charge in [-0.25, -0.2) is 9.59 Å². The Morgan fingerprint density at radius 1 is 1.44 bits per heavy atom. The number of aliphatic hydroxyl groups is 1. The second kappa shape index (κ2) is 7.17. The van der Waals surface area contributed by atoms with Gasteiger partial charge >= 0.3 is 12.0 Å². The van der Waals surface area contributed by atoms with Gasteiger partial charge in [-0.2, -0.15) is 0 Å². The van der Waals surface area contributed by atoms with Crippen LogP contribution in [-0.2, 0) is 9.53 Å². The van der Waals surface area contributed by atoms with Crippen LogP contribution in [0.1, 0.15) is 19.3 Å². The van der Waals surface area contributed by atoms with Crippen molar-refractivity contribution < 1.29 is 24.5 Å². The van der Waals surface area contributed by atoms with Crippen molar-refractivity contribution >= 4 is 12.0 Å². The van der Waals surface area contributed by atoms with Crippen LogP contribution in [0.4, 0.5) is 4.79 Å². The Bertz CT molecular complexity index is 297. The van der Waals surface area contributed by atoms with E-state index < -0.39 is 12.1 Å². The van der Waals surface area contributed by atoms with E-state index in [2.05, 4.69) is 5.32 Å². The van der Waals surface area contributed by atoms with E-state index in [1.54, 1.807) is 7.05 Å². The predicted molar refractivity (Wildman–Crippen MR) is 63.3 cm³/mol. The van der Waals surface area contributed by atoms with Gasteiger partial charge in [-0.05, 0) is 19.3 Å². The van der Waals surface area contributed by atoms with Crippen molar-refractivity contribution in [3.8, 4) is 0 Å². The Morgan fingerprint density at radius 2 is 2.17 bits per heavy atom. The number of aliphatic hydroxyl groups excluding tert-OH is 1. The van der Waals surface area contributed by atoms with E-state index >= 15 is 0 Å². The second-order valence-corrected chi connectivity index (χ2v) is 4.35. The smallest absolute Gasteiger partial charge is 0.332 e. The van der Waals surface area contributed by atoms with Crippen molar-refractivity contribution in [3.63, 3.8) is 0 Å². The number of carboxylic acid groups (broad SMARTS) is 1. The number of carbonyl (C=O) groups is 2. The molecular weight excluding hydrogens is 240 g/mol. The van der Waals surface area contributed by atoms with E-state index in [4.69, 9.17) is 14.9 Å². The van der Waals surface area contributed by atoms with Gasteiger partial charge in [0.15, 0.2) is 6.10 Å². The fourth-order valence-corrected chi connectivity index (χ4v) is 1.78. The van der Waals surface area contributed by atoms with Crippen LogP contribution in [0.3, 0.4) is 0 Å². The molecule has 0 spiro atoms. The molecule has 0 aromatic carbocycles. The molecule has 3 N–H and O–H groups in total. The summed E-state index contributed by atoms with van der Waals surface area (Å²) in [6, 6.07) is -0.245. The number of carbonyl (C=O) groups excluding carboxylic acids is 1. The monoisotopic (exact) mass is 260 g/mol. The molecule has 0 aromatic heterocycles. The minimum Gasteiger partial charge on any atom is -0.479 e. The fraction of sp³-hybridized carbons (Fsp3) is 0.818. The molecule has 1 heterocycles. The van der Waals surface area contributed by atoms with Gasteiger partial charge in [0, 0.05) is 26.7 Å². The van der Waals surface area contributed by atoms with Gasteiger partial charge in [-0.3, -0.25) is 0 Å². The van der Waals surface area contributed by atoms with Gasteiger partial charge in [-0.15, -0.1) is 0 Å². The molecule has 0 radical (unpaired) electrons. The molecule has 1 rings (SSSR count). The van der Waals surface area contributed by atoms with Crippen LogP contribution in [0.15, 0.2) is 0 Å². The third-order valence-electron chi connectivity index (χ3n) is 2.86. The minimum absolute atomic E-state index is 0.0453. The summed E-state index contributed by atoms with van der Waals surface area (Å²) in [6.07, 6.45) is 0.666. The SMILES string of the molecule is CN(CCCO)C(=O)NCC1CCC(C(=O)O)O1. The van der Waals surface area contributed by atoms with Gasteiger partial charge < -0.3 is 25.2 Å². The lowest BCUT2D eigenvalue weighted by molar-refractivity contribution is -0.149. The molecule has 0 aromatic rings. The van der Waals surface area contributed by atoms with Gasteiger partial charge in [0.05, 0.1) is 6.10 Å². The first-order chi connectivity index (χ1) is 8.54. The highest BCUT2D eigenvalue weighted by atomic mass is 16.5. The molecule has 7 heteroatoms. The van der Waals surface area contributed by atoms with E-state index in [1.165, 1.54) is 4.90 Å². The number of ether oxygens (including phenoxy) is 1. The van der Waals surface area contributed by atoms with Gasteiger partial charge in [0.2, 0.25) is 0 Å². The van der Waals surface area contributed by atoms with Crippen LogP contribution in [0.2, 0.25) is 0 Å². The van der Waals surface area contributed by atoms with Crippen LogP contribution in [0.25, 0.3) is 0 Å². The maximum atomic E-state index is 11.6. The summed E-state index contributed by atoms with van der Waals surface area (Å²) in [5.74, 6) is -0.955. The highest BCUT2D eigenvalue weighted by molar-refractivity contribution is 5.74. The number of rotatable bonds is 6. The quantitative estimate of drug-likeness (QED) is 0.606. The summed E-state index contributed by atoms with van der Waals surface area (Å²) in [7, 11) is 1.64. The number of carboxylic acids is 1. The fourth-order valence-electron chi connectivity index (χ4n) is 1.78. The summed E-state index contributed by atoms with van der Waals surface area (Å²) in [5.41, 5.74) is 0. The van der Waals surface area contributed by atoms with Crippen LogP contribution in [0, 0.1) is 0 Å². The van der Waals surface area contributed by atoms with Crippen molar-refractivity contribution in [2.75, 3.05) is 26.7 Å². The Balaban J connectivity index is 2.21. The second-order valence-electron chi connectivity index (χ2n) is 4.35. The van der Waals surface area contributed by atoms with Gasteiger partial charge in [0.1, 0.15) is 0 Å². The molecule has 0 bridgehead atoms. The molecule has 0 aliphatic carbocycles. The van der Waals surface area contributed by atoms with Crippen molar-refractivity contribution in [1.29, 1.82) is 0 Å². The van der Waals surface area contributed by atoms with Crippen molar-refractivity contribution in [3.05, 3.63) is 0 Å². The third-order valence-corrected chi connectivity index (χ3v) is 2.86. The molecule has 1 fully saturated rings. The molecule has 0 saturated carbocycles. The number of hydrogen-bond donors (Lipinski definition) is 3. The summed E-state index contributed by atoms with van der Waals surface area (Å²) >= 11 is 0. The van der Waals surface area contributed by atoms with Crippen LogP contribution >= 0.6 is 0 Å². The number of nitrogens with zero attached hydrogens (tertiary/aromatic N) is 1. The maximum absolute atomic E-state index is 11.6. The van der Waals surface area contributed by atoms with Gasteiger partial charge in [0.25, 0.3) is 0 Å². The number of hydrogen-bond acceptors (Lipinski definition) is 4. The molecule has 18 heavy (non-hydrogen) atoms. The molecule has 7 nitrogen and oxygen atoms in total. The zero-order valence-electron chi connectivity index (χ0n) is 10.5. The normalized spacial score (nSPS) is 22.8. The predicted octanol–water partition coefficient (Wildman–Crippen LogP) is -0.358. The lowest BCUT2D eigenvalue weighted by Gasteiger charge is -2.19. The average Bonchev–Trinajstić information content (AvgIpc) is 2.81. The van der Waals surface area contributed by atoms with E-state index in [-0.39, 0.29) is 18.7 Å². The van der Waals surface area contributed by atoms with Crippen molar-refractivity contribution in [2.45, 2.75) is 31.5 Å². The van der Waals surface area contributed by atoms with E-state index in [1.807, 2.05) is 0 Å². The first-order valence-corrected chi connectivity index (χ1v) is 6.02. The van der Waals surface area contributed by atoms with Crippen LogP contribution in [-0.4, -0.2) is 66.1 Å². The molecule has 1 aliphatic heterocycles. The highest BCUT2D eigenvalue weighted by Gasteiger charge is 2.30. The summed E-state index contributed by atoms with van der Waals surface area (Å²) in [6.45, 7) is 0.835. The first kappa shape index (κ1) is 14.7. The van der Waals surface area contributed by atoms with Gasteiger partial charge in [-0.1, -0.05) is 0 Å². The zero-order chi connectivity index (χ0) is 13.5. The molecular formula is C11H20N2O5. The number of urea groups is 1. The maximum Gasteiger partial charge on any atom is 0.332 e. The minimum atomic E-state index is -0.955. The van der Waals surface area contributed by atoms with Crippen LogP contribution in [0.5, 0.6) is 0 Å².